The van der Waals surface area contributed by atoms with Crippen LogP contribution in [0, 0.1) is 0 Å². The largest absolute Gasteiger partial charge is 0.464 e. The number of thiazole rings is 1. The first kappa shape index (κ1) is 13.4. The second kappa shape index (κ2) is 5.84. The third kappa shape index (κ3) is 2.97. The predicted octanol–water partition coefficient (Wildman–Crippen LogP) is 2.24. The molecule has 3 rings (SSSR count). The van der Waals surface area contributed by atoms with Crippen LogP contribution in [0.1, 0.15) is 15.5 Å². The summed E-state index contributed by atoms with van der Waals surface area (Å²) < 4.78 is 6.33. The minimum atomic E-state index is -0.430. The van der Waals surface area contributed by atoms with E-state index < -0.39 is 5.97 Å². The molecule has 0 amide bonds. The van der Waals surface area contributed by atoms with Crippen molar-refractivity contribution in [2.45, 2.75) is 6.54 Å². The summed E-state index contributed by atoms with van der Waals surface area (Å²) in [5.74, 6) is -0.430. The molecule has 0 radical (unpaired) electrons. The Hall–Kier alpha value is -2.54. The number of methoxy groups -OCH3 is 1. The molecule has 0 atom stereocenters. The van der Waals surface area contributed by atoms with Crippen molar-refractivity contribution in [1.82, 2.24) is 20.0 Å². The van der Waals surface area contributed by atoms with E-state index in [1.54, 1.807) is 10.1 Å². The molecule has 0 bridgehead atoms. The van der Waals surface area contributed by atoms with Gasteiger partial charge in [-0.1, -0.05) is 35.5 Å². The van der Waals surface area contributed by atoms with Crippen LogP contribution < -0.4 is 0 Å². The molecule has 0 saturated carbocycles. The second-order valence-electron chi connectivity index (χ2n) is 4.29. The van der Waals surface area contributed by atoms with Crippen molar-refractivity contribution < 1.29 is 9.53 Å². The molecule has 0 unspecified atom stereocenters. The van der Waals surface area contributed by atoms with Crippen LogP contribution in [0.4, 0.5) is 0 Å². The summed E-state index contributed by atoms with van der Waals surface area (Å²) in [5.41, 5.74) is 2.14. The van der Waals surface area contributed by atoms with Crippen molar-refractivity contribution in [2.24, 2.45) is 0 Å². The van der Waals surface area contributed by atoms with Gasteiger partial charge in [0.2, 0.25) is 0 Å². The number of esters is 1. The van der Waals surface area contributed by atoms with E-state index in [0.29, 0.717) is 12.2 Å². The molecule has 1 aromatic carbocycles. The fraction of sp³-hybridized carbons (Fsp3) is 0.143. The number of benzene rings is 1. The lowest BCUT2D eigenvalue weighted by Gasteiger charge is -1.95. The summed E-state index contributed by atoms with van der Waals surface area (Å²) in [4.78, 5) is 15.6. The van der Waals surface area contributed by atoms with E-state index in [-0.39, 0.29) is 0 Å². The first-order chi connectivity index (χ1) is 10.3. The van der Waals surface area contributed by atoms with Gasteiger partial charge < -0.3 is 4.74 Å². The van der Waals surface area contributed by atoms with E-state index in [2.05, 4.69) is 20.0 Å². The van der Waals surface area contributed by atoms with Crippen molar-refractivity contribution >= 4 is 17.3 Å². The maximum Gasteiger partial charge on any atom is 0.357 e. The zero-order chi connectivity index (χ0) is 14.7. The van der Waals surface area contributed by atoms with Gasteiger partial charge in [-0.05, 0) is 0 Å². The zero-order valence-corrected chi connectivity index (χ0v) is 12.1. The quantitative estimate of drug-likeness (QED) is 0.691. The maximum atomic E-state index is 11.4. The Morgan fingerprint density at radius 2 is 2.14 bits per heavy atom. The van der Waals surface area contributed by atoms with Gasteiger partial charge in [0.1, 0.15) is 10.7 Å². The predicted molar refractivity (Wildman–Crippen MR) is 78.0 cm³/mol. The molecule has 6 nitrogen and oxygen atoms in total. The summed E-state index contributed by atoms with van der Waals surface area (Å²) in [6, 6.07) is 9.83. The monoisotopic (exact) mass is 300 g/mol. The van der Waals surface area contributed by atoms with E-state index in [9.17, 15) is 4.79 Å². The molecule has 0 spiro atoms. The molecule has 0 fully saturated rings. The Bertz CT molecular complexity index is 751. The van der Waals surface area contributed by atoms with Gasteiger partial charge in [0, 0.05) is 10.9 Å². The number of hydrogen-bond donors (Lipinski definition) is 0. The zero-order valence-electron chi connectivity index (χ0n) is 11.3. The Morgan fingerprint density at radius 1 is 1.33 bits per heavy atom. The fourth-order valence-corrected chi connectivity index (χ4v) is 2.59. The lowest BCUT2D eigenvalue weighted by Crippen LogP contribution is -2.04. The topological polar surface area (TPSA) is 69.9 Å². The highest BCUT2D eigenvalue weighted by molar-refractivity contribution is 7.09. The highest BCUT2D eigenvalue weighted by atomic mass is 32.1. The van der Waals surface area contributed by atoms with Crippen LogP contribution in [-0.2, 0) is 11.3 Å². The maximum absolute atomic E-state index is 11.4. The molecule has 21 heavy (non-hydrogen) atoms. The molecule has 0 aliphatic heterocycles. The third-order valence-electron chi connectivity index (χ3n) is 2.85. The second-order valence-corrected chi connectivity index (χ2v) is 5.23. The van der Waals surface area contributed by atoms with Crippen molar-refractivity contribution in [3.8, 4) is 11.3 Å². The first-order valence-electron chi connectivity index (χ1n) is 6.24. The van der Waals surface area contributed by atoms with Crippen LogP contribution in [0.5, 0.6) is 0 Å². The van der Waals surface area contributed by atoms with Crippen LogP contribution in [0.3, 0.4) is 0 Å². The molecule has 2 aromatic heterocycles. The number of nitrogens with zero attached hydrogens (tertiary/aromatic N) is 4. The smallest absolute Gasteiger partial charge is 0.357 e. The van der Waals surface area contributed by atoms with Crippen LogP contribution in [0.25, 0.3) is 11.3 Å². The highest BCUT2D eigenvalue weighted by Gasteiger charge is 2.11. The number of carbonyl (C=O) groups is 1. The molecule has 3 aromatic rings. The van der Waals surface area contributed by atoms with Crippen LogP contribution in [0.15, 0.2) is 41.9 Å². The van der Waals surface area contributed by atoms with Gasteiger partial charge in [-0.3, -0.25) is 0 Å². The van der Waals surface area contributed by atoms with E-state index in [0.717, 1.165) is 16.3 Å². The summed E-state index contributed by atoms with van der Waals surface area (Å²) in [6.07, 6.45) is 1.86. The number of aromatic nitrogens is 4. The average molecular weight is 300 g/mol. The number of hydrogen-bond acceptors (Lipinski definition) is 6. The standard InChI is InChI=1S/C14H12N4O2S/c1-20-14(19)12-9-21-13(15-12)8-18-7-11(16-17-18)10-5-3-2-4-6-10/h2-7,9H,8H2,1H3. The van der Waals surface area contributed by atoms with Gasteiger partial charge in [0.05, 0.1) is 19.9 Å². The molecule has 0 N–H and O–H groups in total. The number of ether oxygens (including phenoxy) is 1. The minimum absolute atomic E-state index is 0.320. The number of rotatable bonds is 4. The van der Waals surface area contributed by atoms with E-state index in [4.69, 9.17) is 0 Å². The van der Waals surface area contributed by atoms with Crippen LogP contribution in [-0.4, -0.2) is 33.1 Å². The van der Waals surface area contributed by atoms with Crippen LogP contribution in [0.2, 0.25) is 0 Å². The minimum Gasteiger partial charge on any atom is -0.464 e. The first-order valence-corrected chi connectivity index (χ1v) is 7.12. The van der Waals surface area contributed by atoms with Gasteiger partial charge in [-0.2, -0.15) is 0 Å². The van der Waals surface area contributed by atoms with Gasteiger partial charge in [-0.15, -0.1) is 16.4 Å². The van der Waals surface area contributed by atoms with Gasteiger partial charge in [0.25, 0.3) is 0 Å². The Morgan fingerprint density at radius 3 is 2.90 bits per heavy atom. The van der Waals surface area contributed by atoms with Gasteiger partial charge in [0.15, 0.2) is 5.69 Å². The molecular weight excluding hydrogens is 288 g/mol. The summed E-state index contributed by atoms with van der Waals surface area (Å²) in [6.45, 7) is 0.474. The molecule has 106 valence electrons. The van der Waals surface area contributed by atoms with E-state index in [1.165, 1.54) is 18.4 Å². The number of carbonyl (C=O) groups excluding carboxylic acids is 1. The molecule has 2 heterocycles. The molecule has 0 saturated heterocycles. The van der Waals surface area contributed by atoms with Crippen molar-refractivity contribution in [3.63, 3.8) is 0 Å². The van der Waals surface area contributed by atoms with Crippen molar-refractivity contribution in [2.75, 3.05) is 7.11 Å². The lowest BCUT2D eigenvalue weighted by molar-refractivity contribution is 0.0594. The Labute approximate surface area is 125 Å². The molecule has 0 aliphatic carbocycles. The molecule has 0 aliphatic rings. The summed E-state index contributed by atoms with van der Waals surface area (Å²) >= 11 is 1.39. The normalized spacial score (nSPS) is 10.5. The van der Waals surface area contributed by atoms with Crippen molar-refractivity contribution in [3.05, 3.63) is 52.6 Å². The van der Waals surface area contributed by atoms with E-state index in [1.807, 2.05) is 36.5 Å². The van der Waals surface area contributed by atoms with Crippen LogP contribution >= 0.6 is 11.3 Å². The molecular formula is C14H12N4O2S. The Kier molecular flexibility index (Phi) is 3.74. The summed E-state index contributed by atoms with van der Waals surface area (Å²) in [5, 5.41) is 10.7. The fourth-order valence-electron chi connectivity index (χ4n) is 1.84. The lowest BCUT2D eigenvalue weighted by atomic mass is 10.2. The Balaban J connectivity index is 1.76. The third-order valence-corrected chi connectivity index (χ3v) is 3.69. The SMILES string of the molecule is COC(=O)c1csc(Cn2cc(-c3ccccc3)nn2)n1. The van der Waals surface area contributed by atoms with Gasteiger partial charge >= 0.3 is 5.97 Å². The van der Waals surface area contributed by atoms with E-state index >= 15 is 0 Å². The average Bonchev–Trinajstić information content (AvgIpc) is 3.17. The summed E-state index contributed by atoms with van der Waals surface area (Å²) in [7, 11) is 1.34. The van der Waals surface area contributed by atoms with Crippen molar-refractivity contribution in [1.29, 1.82) is 0 Å². The van der Waals surface area contributed by atoms with Gasteiger partial charge in [-0.25, -0.2) is 14.5 Å². The highest BCUT2D eigenvalue weighted by Crippen LogP contribution is 2.16. The molecule has 7 heteroatoms.